The standard InChI is InChI=1S/C13H18N2O/c1-9(7-14)13(16)15-8-12-6-10-2-4-11(12)5-3-10/h2,4,9-12H,3,5-6,8H2,1H3,(H,15,16). The molecule has 3 heteroatoms. The maximum atomic E-state index is 11.5. The van der Waals surface area contributed by atoms with Crippen molar-refractivity contribution in [1.29, 1.82) is 5.26 Å². The van der Waals surface area contributed by atoms with E-state index >= 15 is 0 Å². The van der Waals surface area contributed by atoms with Crippen molar-refractivity contribution in [3.63, 3.8) is 0 Å². The van der Waals surface area contributed by atoms with Crippen LogP contribution in [-0.4, -0.2) is 12.5 Å². The Morgan fingerprint density at radius 1 is 1.56 bits per heavy atom. The quantitative estimate of drug-likeness (QED) is 0.735. The van der Waals surface area contributed by atoms with E-state index in [4.69, 9.17) is 5.26 Å². The minimum absolute atomic E-state index is 0.132. The van der Waals surface area contributed by atoms with E-state index in [-0.39, 0.29) is 5.91 Å². The van der Waals surface area contributed by atoms with Crippen LogP contribution < -0.4 is 5.32 Å². The van der Waals surface area contributed by atoms with Gasteiger partial charge in [-0.15, -0.1) is 0 Å². The highest BCUT2D eigenvalue weighted by atomic mass is 16.1. The summed E-state index contributed by atoms with van der Waals surface area (Å²) in [6.07, 6.45) is 8.39. The molecule has 0 heterocycles. The number of nitriles is 1. The van der Waals surface area contributed by atoms with E-state index in [1.807, 2.05) is 6.07 Å². The number of carbonyl (C=O) groups excluding carboxylic acids is 1. The van der Waals surface area contributed by atoms with Crippen LogP contribution in [0.5, 0.6) is 0 Å². The van der Waals surface area contributed by atoms with Crippen LogP contribution in [0.2, 0.25) is 0 Å². The van der Waals surface area contributed by atoms with Gasteiger partial charge in [0.1, 0.15) is 5.92 Å². The Labute approximate surface area is 96.5 Å². The maximum Gasteiger partial charge on any atom is 0.237 e. The molecular weight excluding hydrogens is 200 g/mol. The molecule has 1 N–H and O–H groups in total. The Hall–Kier alpha value is -1.30. The number of fused-ring (bicyclic) bond motifs is 2. The van der Waals surface area contributed by atoms with E-state index < -0.39 is 5.92 Å². The van der Waals surface area contributed by atoms with Crippen molar-refractivity contribution < 1.29 is 4.79 Å². The molecule has 3 nitrogen and oxygen atoms in total. The molecule has 16 heavy (non-hydrogen) atoms. The first kappa shape index (κ1) is 11.2. The molecule has 0 spiro atoms. The third-order valence-electron chi connectivity index (χ3n) is 3.84. The fourth-order valence-corrected chi connectivity index (χ4v) is 2.73. The molecule has 1 amide bonds. The lowest BCUT2D eigenvalue weighted by Gasteiger charge is -2.38. The fourth-order valence-electron chi connectivity index (χ4n) is 2.73. The summed E-state index contributed by atoms with van der Waals surface area (Å²) in [5.41, 5.74) is 0. The summed E-state index contributed by atoms with van der Waals surface area (Å²) in [6, 6.07) is 1.96. The van der Waals surface area contributed by atoms with Crippen LogP contribution in [0.1, 0.15) is 26.2 Å². The number of allylic oxidation sites excluding steroid dienone is 2. The molecule has 0 radical (unpaired) electrons. The van der Waals surface area contributed by atoms with Crippen molar-refractivity contribution in [3.8, 4) is 6.07 Å². The van der Waals surface area contributed by atoms with Crippen LogP contribution in [0.15, 0.2) is 12.2 Å². The van der Waals surface area contributed by atoms with Crippen molar-refractivity contribution in [3.05, 3.63) is 12.2 Å². The van der Waals surface area contributed by atoms with Crippen LogP contribution in [-0.2, 0) is 4.79 Å². The molecule has 2 bridgehead atoms. The summed E-state index contributed by atoms with van der Waals surface area (Å²) in [7, 11) is 0. The Kier molecular flexibility index (Phi) is 3.28. The summed E-state index contributed by atoms with van der Waals surface area (Å²) in [5, 5.41) is 11.5. The van der Waals surface area contributed by atoms with Gasteiger partial charge in [-0.3, -0.25) is 4.79 Å². The van der Waals surface area contributed by atoms with Gasteiger partial charge < -0.3 is 5.32 Å². The van der Waals surface area contributed by atoms with Gasteiger partial charge in [-0.05, 0) is 43.9 Å². The SMILES string of the molecule is CC(C#N)C(=O)NCC1CC2C=CC1CC2. The lowest BCUT2D eigenvalue weighted by atomic mass is 9.69. The normalized spacial score (nSPS) is 33.1. The molecule has 0 saturated heterocycles. The van der Waals surface area contributed by atoms with Crippen LogP contribution in [0.4, 0.5) is 0 Å². The highest BCUT2D eigenvalue weighted by Gasteiger charge is 2.31. The third kappa shape index (κ3) is 2.27. The van der Waals surface area contributed by atoms with Gasteiger partial charge in [-0.25, -0.2) is 0 Å². The third-order valence-corrected chi connectivity index (χ3v) is 3.84. The van der Waals surface area contributed by atoms with E-state index in [1.165, 1.54) is 19.3 Å². The number of hydrogen-bond acceptors (Lipinski definition) is 2. The minimum Gasteiger partial charge on any atom is -0.355 e. The molecule has 1 saturated carbocycles. The van der Waals surface area contributed by atoms with Gasteiger partial charge in [-0.2, -0.15) is 5.26 Å². The minimum atomic E-state index is -0.531. The van der Waals surface area contributed by atoms with E-state index in [9.17, 15) is 4.79 Å². The first-order chi connectivity index (χ1) is 7.70. The second-order valence-electron chi connectivity index (χ2n) is 4.98. The smallest absolute Gasteiger partial charge is 0.237 e. The maximum absolute atomic E-state index is 11.5. The van der Waals surface area contributed by atoms with Crippen molar-refractivity contribution in [2.45, 2.75) is 26.2 Å². The Balaban J connectivity index is 1.82. The number of amides is 1. The molecule has 0 aromatic carbocycles. The van der Waals surface area contributed by atoms with Crippen LogP contribution in [0, 0.1) is 35.0 Å². The van der Waals surface area contributed by atoms with Crippen molar-refractivity contribution >= 4 is 5.91 Å². The largest absolute Gasteiger partial charge is 0.355 e. The van der Waals surface area contributed by atoms with Gasteiger partial charge in [0.2, 0.25) is 5.91 Å². The van der Waals surface area contributed by atoms with Gasteiger partial charge in [-0.1, -0.05) is 12.2 Å². The average Bonchev–Trinajstić information content (AvgIpc) is 2.36. The molecule has 4 atom stereocenters. The van der Waals surface area contributed by atoms with E-state index in [0.717, 1.165) is 12.5 Å². The van der Waals surface area contributed by atoms with Crippen LogP contribution in [0.3, 0.4) is 0 Å². The highest BCUT2D eigenvalue weighted by molar-refractivity contribution is 5.80. The Morgan fingerprint density at radius 2 is 2.38 bits per heavy atom. The monoisotopic (exact) mass is 218 g/mol. The number of carbonyl (C=O) groups is 1. The Morgan fingerprint density at radius 3 is 2.88 bits per heavy atom. The van der Waals surface area contributed by atoms with Gasteiger partial charge >= 0.3 is 0 Å². The molecule has 3 aliphatic rings. The van der Waals surface area contributed by atoms with Gasteiger partial charge in [0, 0.05) is 6.54 Å². The number of nitrogens with zero attached hydrogens (tertiary/aromatic N) is 1. The zero-order valence-electron chi connectivity index (χ0n) is 9.65. The predicted molar refractivity (Wildman–Crippen MR) is 61.2 cm³/mol. The van der Waals surface area contributed by atoms with Crippen molar-refractivity contribution in [1.82, 2.24) is 5.32 Å². The van der Waals surface area contributed by atoms with Gasteiger partial charge in [0.05, 0.1) is 6.07 Å². The first-order valence-corrected chi connectivity index (χ1v) is 6.06. The van der Waals surface area contributed by atoms with Crippen LogP contribution in [0.25, 0.3) is 0 Å². The van der Waals surface area contributed by atoms with E-state index in [2.05, 4.69) is 17.5 Å². The zero-order valence-corrected chi connectivity index (χ0v) is 9.65. The van der Waals surface area contributed by atoms with Gasteiger partial charge in [0.25, 0.3) is 0 Å². The highest BCUT2D eigenvalue weighted by Crippen LogP contribution is 2.39. The molecule has 0 aromatic heterocycles. The van der Waals surface area contributed by atoms with Crippen molar-refractivity contribution in [2.75, 3.05) is 6.54 Å². The zero-order chi connectivity index (χ0) is 11.5. The first-order valence-electron chi connectivity index (χ1n) is 6.06. The second kappa shape index (κ2) is 4.69. The summed E-state index contributed by atoms with van der Waals surface area (Å²) >= 11 is 0. The predicted octanol–water partition coefficient (Wildman–Crippen LogP) is 1.86. The van der Waals surface area contributed by atoms with Gasteiger partial charge in [0.15, 0.2) is 0 Å². The number of rotatable bonds is 3. The molecule has 3 aliphatic carbocycles. The molecule has 0 aliphatic heterocycles. The molecule has 1 fully saturated rings. The summed E-state index contributed by atoms with van der Waals surface area (Å²) in [5.74, 6) is 1.28. The van der Waals surface area contributed by atoms with E-state index in [1.54, 1.807) is 6.92 Å². The van der Waals surface area contributed by atoms with Crippen LogP contribution >= 0.6 is 0 Å². The molecule has 3 rings (SSSR count). The average molecular weight is 218 g/mol. The molecule has 86 valence electrons. The summed E-state index contributed by atoms with van der Waals surface area (Å²) < 4.78 is 0. The second-order valence-corrected chi connectivity index (χ2v) is 4.98. The number of hydrogen-bond donors (Lipinski definition) is 1. The summed E-state index contributed by atoms with van der Waals surface area (Å²) in [6.45, 7) is 2.37. The van der Waals surface area contributed by atoms with E-state index in [0.29, 0.717) is 11.8 Å². The Bertz CT molecular complexity index is 342. The topological polar surface area (TPSA) is 52.9 Å². The summed E-state index contributed by atoms with van der Waals surface area (Å²) in [4.78, 5) is 11.5. The molecular formula is C13H18N2O. The number of nitrogens with one attached hydrogen (secondary N) is 1. The molecule has 0 aromatic rings. The molecule has 4 unspecified atom stereocenters. The lowest BCUT2D eigenvalue weighted by Crippen LogP contribution is -2.38. The van der Waals surface area contributed by atoms with Crippen molar-refractivity contribution in [2.24, 2.45) is 23.7 Å². The fraction of sp³-hybridized carbons (Fsp3) is 0.692. The lowest BCUT2D eigenvalue weighted by molar-refractivity contribution is -0.123.